The fourth-order valence-electron chi connectivity index (χ4n) is 12.3. The van der Waals surface area contributed by atoms with Crippen molar-refractivity contribution >= 4 is 115 Å². The zero-order valence-electron chi connectivity index (χ0n) is 39.9. The molecule has 13 rings (SSSR count). The molecule has 68 heavy (non-hydrogen) atoms. The summed E-state index contributed by atoms with van der Waals surface area (Å²) in [5.41, 5.74) is 20.8. The second-order valence-corrected chi connectivity index (χ2v) is 28.8. The van der Waals surface area contributed by atoms with Crippen LogP contribution < -0.4 is 30.5 Å². The Morgan fingerprint density at radius 2 is 0.662 bits per heavy atom. The van der Waals surface area contributed by atoms with Crippen molar-refractivity contribution in [3.05, 3.63) is 192 Å². The standard InChI is InChI=1S/C62H52N2O2Si2/c1-37-21-9-15-27-45(37)63(46-28-16-10-22-38(46)2)49-35-53-55(57-41-25-13-19-31-51(41)65-59(49)57)43-33-34-44-56-54(68(7,8)62(44)61(43)67(53,5)6)36-50(60-58(56)42-26-14-20-32-52(42)66-60)64(47-29-17-11-23-39(47)3)48-30-18-12-24-40(48)4/h9-36H,1-8H3. The summed E-state index contributed by atoms with van der Waals surface area (Å²) in [6.45, 7) is 19.3. The van der Waals surface area contributed by atoms with Crippen molar-refractivity contribution in [3.63, 3.8) is 0 Å². The van der Waals surface area contributed by atoms with Gasteiger partial charge in [0, 0.05) is 44.3 Å². The molecule has 0 amide bonds. The maximum Gasteiger partial charge on any atom is 0.160 e. The highest BCUT2D eigenvalue weighted by Crippen LogP contribution is 2.51. The molecule has 9 aromatic carbocycles. The fourth-order valence-corrected chi connectivity index (χ4v) is 20.7. The largest absolute Gasteiger partial charge is 0.454 e. The van der Waals surface area contributed by atoms with Crippen LogP contribution in [0.25, 0.3) is 66.1 Å². The first-order chi connectivity index (χ1) is 32.9. The van der Waals surface area contributed by atoms with Crippen LogP contribution in [-0.4, -0.2) is 16.1 Å². The number of para-hydroxylation sites is 6. The number of furan rings is 2. The maximum atomic E-state index is 7.15. The van der Waals surface area contributed by atoms with Gasteiger partial charge in [-0.05, 0) is 141 Å². The van der Waals surface area contributed by atoms with E-state index < -0.39 is 16.1 Å². The zero-order valence-corrected chi connectivity index (χ0v) is 41.9. The molecule has 2 aromatic heterocycles. The molecule has 0 bridgehead atoms. The summed E-state index contributed by atoms with van der Waals surface area (Å²) in [5, 5.41) is 10.8. The highest BCUT2D eigenvalue weighted by molar-refractivity contribution is 7.13. The molecule has 0 radical (unpaired) electrons. The Morgan fingerprint density at radius 3 is 1.00 bits per heavy atom. The quantitative estimate of drug-likeness (QED) is 0.156. The lowest BCUT2D eigenvalue weighted by Crippen LogP contribution is -2.63. The van der Waals surface area contributed by atoms with Crippen molar-refractivity contribution in [1.29, 1.82) is 0 Å². The number of rotatable bonds is 6. The van der Waals surface area contributed by atoms with E-state index in [-0.39, 0.29) is 0 Å². The molecular weight excluding hydrogens is 861 g/mol. The SMILES string of the molecule is Cc1ccccc1N(c1ccccc1C)c1cc2c(c3c1oc1ccccc13)-c1ccc3c(c1[Si]2(C)C)[Si](C)(C)c1cc(N(c2ccccc2C)c2ccccc2C)c2oc4ccccc4c2c1-3. The number of nitrogens with zero attached hydrogens (tertiary/aromatic N) is 2. The van der Waals surface area contributed by atoms with E-state index in [1.54, 1.807) is 10.4 Å². The predicted octanol–water partition coefficient (Wildman–Crippen LogP) is 15.3. The fraction of sp³-hybridized carbons (Fsp3) is 0.129. The minimum Gasteiger partial charge on any atom is -0.454 e. The van der Waals surface area contributed by atoms with E-state index in [1.165, 1.54) is 65.7 Å². The van der Waals surface area contributed by atoms with E-state index in [0.29, 0.717) is 0 Å². The molecular formula is C62H52N2O2Si2. The van der Waals surface area contributed by atoms with Crippen molar-refractivity contribution in [2.75, 3.05) is 9.80 Å². The number of anilines is 6. The Kier molecular flexibility index (Phi) is 8.75. The highest BCUT2D eigenvalue weighted by atomic mass is 28.3. The summed E-state index contributed by atoms with van der Waals surface area (Å²) in [6.07, 6.45) is 0. The Balaban J connectivity index is 1.11. The molecule has 0 saturated heterocycles. The van der Waals surface area contributed by atoms with E-state index in [1.807, 2.05) is 0 Å². The van der Waals surface area contributed by atoms with Crippen LogP contribution in [0.1, 0.15) is 22.3 Å². The number of aryl methyl sites for hydroxylation is 4. The van der Waals surface area contributed by atoms with Gasteiger partial charge >= 0.3 is 0 Å². The molecule has 6 heteroatoms. The van der Waals surface area contributed by atoms with Crippen LogP contribution >= 0.6 is 0 Å². The lowest BCUT2D eigenvalue weighted by molar-refractivity contribution is 0.669. The first-order valence-corrected chi connectivity index (χ1v) is 29.9. The first-order valence-electron chi connectivity index (χ1n) is 23.9. The number of benzene rings is 9. The highest BCUT2D eigenvalue weighted by Gasteiger charge is 2.50. The Morgan fingerprint density at radius 1 is 0.353 bits per heavy atom. The molecule has 4 nitrogen and oxygen atoms in total. The van der Waals surface area contributed by atoms with Gasteiger partial charge in [-0.2, -0.15) is 0 Å². The molecule has 11 aromatic rings. The second-order valence-electron chi connectivity index (χ2n) is 20.2. The van der Waals surface area contributed by atoms with E-state index >= 15 is 0 Å². The van der Waals surface area contributed by atoms with Gasteiger partial charge in [0.15, 0.2) is 11.2 Å². The van der Waals surface area contributed by atoms with E-state index in [0.717, 1.165) is 67.2 Å². The van der Waals surface area contributed by atoms with Crippen molar-refractivity contribution in [2.45, 2.75) is 53.9 Å². The molecule has 2 aliphatic rings. The minimum absolute atomic E-state index is 0.913. The van der Waals surface area contributed by atoms with Gasteiger partial charge in [-0.3, -0.25) is 0 Å². The average Bonchev–Trinajstić information content (AvgIpc) is 4.04. The van der Waals surface area contributed by atoms with Crippen molar-refractivity contribution < 1.29 is 8.83 Å². The van der Waals surface area contributed by atoms with Crippen LogP contribution in [0, 0.1) is 27.7 Å². The maximum absolute atomic E-state index is 7.15. The Hall–Kier alpha value is -7.39. The van der Waals surface area contributed by atoms with E-state index in [9.17, 15) is 0 Å². The van der Waals surface area contributed by atoms with Crippen LogP contribution in [0.15, 0.2) is 179 Å². The molecule has 0 N–H and O–H groups in total. The third-order valence-electron chi connectivity index (χ3n) is 15.5. The first kappa shape index (κ1) is 40.9. The Bertz CT molecular complexity index is 3600. The van der Waals surface area contributed by atoms with Gasteiger partial charge in [0.25, 0.3) is 0 Å². The number of fused-ring (bicyclic) bond motifs is 15. The summed E-state index contributed by atoms with van der Waals surface area (Å²) >= 11 is 0. The third kappa shape index (κ3) is 5.53. The normalized spacial score (nSPS) is 14.1. The minimum atomic E-state index is -2.48. The lowest BCUT2D eigenvalue weighted by atomic mass is 9.94. The summed E-state index contributed by atoms with van der Waals surface area (Å²) in [4.78, 5) is 4.94. The average molecular weight is 913 g/mol. The topological polar surface area (TPSA) is 32.8 Å². The molecule has 0 atom stereocenters. The van der Waals surface area contributed by atoms with Gasteiger partial charge in [0.1, 0.15) is 27.3 Å². The molecule has 330 valence electrons. The zero-order chi connectivity index (χ0) is 46.4. The number of hydrogen-bond donors (Lipinski definition) is 0. The second kappa shape index (κ2) is 14.6. The van der Waals surface area contributed by atoms with Gasteiger partial charge in [0.05, 0.1) is 11.4 Å². The molecule has 0 saturated carbocycles. The van der Waals surface area contributed by atoms with Gasteiger partial charge in [-0.25, -0.2) is 0 Å². The van der Waals surface area contributed by atoms with Crippen LogP contribution in [0.3, 0.4) is 0 Å². The summed E-state index contributed by atoms with van der Waals surface area (Å²) in [7, 11) is -4.96. The van der Waals surface area contributed by atoms with Crippen molar-refractivity contribution in [1.82, 2.24) is 0 Å². The number of hydrogen-bond acceptors (Lipinski definition) is 4. The molecule has 2 aliphatic heterocycles. The molecule has 0 aliphatic carbocycles. The van der Waals surface area contributed by atoms with Gasteiger partial charge in [-0.1, -0.05) is 148 Å². The van der Waals surface area contributed by atoms with Crippen molar-refractivity contribution in [3.8, 4) is 22.3 Å². The van der Waals surface area contributed by atoms with Crippen LogP contribution in [-0.2, 0) is 0 Å². The van der Waals surface area contributed by atoms with E-state index in [4.69, 9.17) is 8.83 Å². The predicted molar refractivity (Wildman–Crippen MR) is 294 cm³/mol. The lowest BCUT2D eigenvalue weighted by Gasteiger charge is -2.31. The summed E-state index contributed by atoms with van der Waals surface area (Å²) in [5.74, 6) is 0. The molecule has 0 unspecified atom stereocenters. The monoisotopic (exact) mass is 912 g/mol. The van der Waals surface area contributed by atoms with Crippen LogP contribution in [0.2, 0.25) is 26.2 Å². The third-order valence-corrected chi connectivity index (χ3v) is 22.8. The van der Waals surface area contributed by atoms with Crippen molar-refractivity contribution in [2.24, 2.45) is 0 Å². The van der Waals surface area contributed by atoms with Gasteiger partial charge in [-0.15, -0.1) is 0 Å². The van der Waals surface area contributed by atoms with Crippen LogP contribution in [0.5, 0.6) is 0 Å². The van der Waals surface area contributed by atoms with Gasteiger partial charge < -0.3 is 18.6 Å². The van der Waals surface area contributed by atoms with Crippen LogP contribution in [0.4, 0.5) is 34.1 Å². The Labute approximate surface area is 399 Å². The summed E-state index contributed by atoms with van der Waals surface area (Å²) < 4.78 is 14.3. The molecule has 4 heterocycles. The summed E-state index contributed by atoms with van der Waals surface area (Å²) in [6, 6.07) is 62.5. The smallest absolute Gasteiger partial charge is 0.160 e. The van der Waals surface area contributed by atoms with Gasteiger partial charge in [0.2, 0.25) is 0 Å². The van der Waals surface area contributed by atoms with E-state index in [2.05, 4.69) is 234 Å². The molecule has 0 fully saturated rings. The molecule has 0 spiro atoms.